The van der Waals surface area contributed by atoms with Gasteiger partial charge < -0.3 is 25.2 Å². The number of phosphoric ester groups is 1. The molecule has 3 aromatic rings. The molecule has 1 fully saturated rings. The van der Waals surface area contributed by atoms with Gasteiger partial charge in [-0.15, -0.1) is 0 Å². The van der Waals surface area contributed by atoms with Gasteiger partial charge in [0.1, 0.15) is 18.0 Å². The summed E-state index contributed by atoms with van der Waals surface area (Å²) in [6.07, 6.45) is 4.30. The van der Waals surface area contributed by atoms with Crippen LogP contribution in [0.25, 0.3) is 11.1 Å². The lowest BCUT2D eigenvalue weighted by Crippen LogP contribution is -2.34. The lowest BCUT2D eigenvalue weighted by molar-refractivity contribution is 0.165. The Morgan fingerprint density at radius 2 is 1.76 bits per heavy atom. The fraction of sp³-hybridized carbons (Fsp3) is 0.320. The van der Waals surface area contributed by atoms with Crippen molar-refractivity contribution in [3.05, 3.63) is 77.9 Å². The van der Waals surface area contributed by atoms with Gasteiger partial charge in [0.05, 0.1) is 6.61 Å². The summed E-state index contributed by atoms with van der Waals surface area (Å²) in [6.45, 7) is 1.20. The van der Waals surface area contributed by atoms with E-state index in [4.69, 9.17) is 15.5 Å². The Morgan fingerprint density at radius 3 is 2.32 bits per heavy atom. The highest BCUT2D eigenvalue weighted by Crippen LogP contribution is 2.37. The number of phosphoric acid groups is 1. The van der Waals surface area contributed by atoms with Gasteiger partial charge in [0.2, 0.25) is 0 Å². The third-order valence-electron chi connectivity index (χ3n) is 5.97. The van der Waals surface area contributed by atoms with Gasteiger partial charge in [0.15, 0.2) is 0 Å². The number of aliphatic hydroxyl groups excluding tert-OH is 1. The van der Waals surface area contributed by atoms with Gasteiger partial charge in [-0.25, -0.2) is 9.55 Å². The summed E-state index contributed by atoms with van der Waals surface area (Å²) < 4.78 is 17.4. The summed E-state index contributed by atoms with van der Waals surface area (Å²) in [6, 6.07) is 15.9. The lowest BCUT2D eigenvalue weighted by Gasteiger charge is -2.32. The second kappa shape index (κ2) is 10.2. The molecule has 0 spiro atoms. The minimum Gasteiger partial charge on any atom is -0.385 e. The zero-order valence-corrected chi connectivity index (χ0v) is 19.7. The molecule has 1 heterocycles. The molecule has 9 heteroatoms. The largest absolute Gasteiger partial charge is 0.469 e. The summed E-state index contributed by atoms with van der Waals surface area (Å²) in [4.78, 5) is 22.3. The normalized spacial score (nSPS) is 19.6. The van der Waals surface area contributed by atoms with Crippen LogP contribution in [0.4, 0.5) is 0 Å². The third-order valence-corrected chi connectivity index (χ3v) is 6.45. The first-order chi connectivity index (χ1) is 16.2. The number of nitrogens with zero attached hydrogens (tertiary/aromatic N) is 2. The molecule has 5 N–H and O–H groups in total. The zero-order valence-electron chi connectivity index (χ0n) is 18.8. The maximum absolute atomic E-state index is 11.2. The van der Waals surface area contributed by atoms with Gasteiger partial charge in [-0.2, -0.15) is 0 Å². The van der Waals surface area contributed by atoms with Gasteiger partial charge in [-0.05, 0) is 54.5 Å². The molecule has 8 nitrogen and oxygen atoms in total. The Hall–Kier alpha value is -2.76. The Balaban J connectivity index is 1.50. The molecular formula is C25H28N3O5P. The second-order valence-corrected chi connectivity index (χ2v) is 9.81. The zero-order chi connectivity index (χ0) is 24.3. The number of hydrogen-bond donors (Lipinski definition) is 4. The average molecular weight is 481 g/mol. The van der Waals surface area contributed by atoms with Crippen molar-refractivity contribution >= 4 is 7.82 Å². The molecular weight excluding hydrogens is 453 g/mol. The van der Waals surface area contributed by atoms with E-state index >= 15 is 0 Å². The van der Waals surface area contributed by atoms with Crippen LogP contribution < -0.4 is 5.73 Å². The maximum Gasteiger partial charge on any atom is 0.469 e. The van der Waals surface area contributed by atoms with Gasteiger partial charge >= 0.3 is 7.82 Å². The summed E-state index contributed by atoms with van der Waals surface area (Å²) in [5.41, 5.74) is 10.1. The number of nitrogens with two attached hydrogens (primary N) is 1. The van der Waals surface area contributed by atoms with Crippen molar-refractivity contribution < 1.29 is 24.0 Å². The number of benzene rings is 2. The molecule has 0 radical (unpaired) electrons. The standard InChI is InChI=1S/C25H28N3O5P/c1-17(29)25-27-12-13-28(25)24(16-33-34(30,31)32)11-4-18-2-5-19(6-3-18)20-7-9-21(10-8-20)22-14-23(26)15-22/h2-3,5-10,12-13,17,22-24,29H,14-16,26H2,1H3,(H2,30,31,32)/t17-,22?,23?,24?/m0/s1. The van der Waals surface area contributed by atoms with E-state index in [1.165, 1.54) is 11.8 Å². The minimum absolute atomic E-state index is 0.327. The van der Waals surface area contributed by atoms with E-state index in [1.54, 1.807) is 17.7 Å². The highest BCUT2D eigenvalue weighted by atomic mass is 31.2. The predicted octanol–water partition coefficient (Wildman–Crippen LogP) is 3.51. The number of rotatable bonds is 7. The number of aromatic nitrogens is 2. The van der Waals surface area contributed by atoms with E-state index in [9.17, 15) is 9.67 Å². The van der Waals surface area contributed by atoms with E-state index in [-0.39, 0.29) is 6.61 Å². The Bertz CT molecular complexity index is 1220. The van der Waals surface area contributed by atoms with Crippen molar-refractivity contribution in [2.45, 2.75) is 43.9 Å². The third kappa shape index (κ3) is 6.02. The average Bonchev–Trinajstić information content (AvgIpc) is 3.27. The summed E-state index contributed by atoms with van der Waals surface area (Å²) in [5, 5.41) is 9.94. The smallest absolute Gasteiger partial charge is 0.385 e. The molecule has 1 unspecified atom stereocenters. The molecule has 2 aromatic carbocycles. The summed E-state index contributed by atoms with van der Waals surface area (Å²) in [5.74, 6) is 6.91. The summed E-state index contributed by atoms with van der Waals surface area (Å²) in [7, 11) is -4.68. The summed E-state index contributed by atoms with van der Waals surface area (Å²) >= 11 is 0. The van der Waals surface area contributed by atoms with Crippen LogP contribution in [-0.2, 0) is 9.09 Å². The SMILES string of the molecule is C[C@H](O)c1nccn1C(C#Cc1ccc(-c2ccc(C3CC(N)C3)cc2)cc1)COP(=O)(O)O. The topological polar surface area (TPSA) is 131 Å². The van der Waals surface area contributed by atoms with Gasteiger partial charge in [-0.3, -0.25) is 4.52 Å². The highest BCUT2D eigenvalue weighted by molar-refractivity contribution is 7.46. The Kier molecular flexibility index (Phi) is 7.34. The molecule has 0 bridgehead atoms. The first kappa shape index (κ1) is 24.4. The van der Waals surface area contributed by atoms with Crippen molar-refractivity contribution in [1.82, 2.24) is 9.55 Å². The van der Waals surface area contributed by atoms with Crippen LogP contribution in [0.1, 0.15) is 54.8 Å². The molecule has 1 aliphatic rings. The molecule has 2 atom stereocenters. The molecule has 0 aliphatic heterocycles. The van der Waals surface area contributed by atoms with Gasteiger partial charge in [-0.1, -0.05) is 48.2 Å². The van der Waals surface area contributed by atoms with Crippen LogP contribution in [0, 0.1) is 11.8 Å². The van der Waals surface area contributed by atoms with Crippen molar-refractivity contribution in [2.24, 2.45) is 5.73 Å². The lowest BCUT2D eigenvalue weighted by atomic mass is 9.76. The molecule has 0 amide bonds. The van der Waals surface area contributed by atoms with E-state index in [0.29, 0.717) is 17.8 Å². The first-order valence-corrected chi connectivity index (χ1v) is 12.6. The van der Waals surface area contributed by atoms with Crippen molar-refractivity contribution in [1.29, 1.82) is 0 Å². The molecule has 0 saturated heterocycles. The fourth-order valence-corrected chi connectivity index (χ4v) is 4.40. The van der Waals surface area contributed by atoms with Crippen molar-refractivity contribution in [3.8, 4) is 23.0 Å². The van der Waals surface area contributed by atoms with Crippen molar-refractivity contribution in [2.75, 3.05) is 6.61 Å². The first-order valence-electron chi connectivity index (χ1n) is 11.1. The predicted molar refractivity (Wildman–Crippen MR) is 129 cm³/mol. The van der Waals surface area contributed by atoms with Crippen LogP contribution in [0.3, 0.4) is 0 Å². The molecule has 1 aromatic heterocycles. The van der Waals surface area contributed by atoms with Gasteiger partial charge in [0.25, 0.3) is 0 Å². The molecule has 34 heavy (non-hydrogen) atoms. The number of imidazole rings is 1. The quantitative estimate of drug-likeness (QED) is 0.300. The van der Waals surface area contributed by atoms with Gasteiger partial charge in [0, 0.05) is 24.0 Å². The van der Waals surface area contributed by atoms with Crippen LogP contribution in [0.2, 0.25) is 0 Å². The monoisotopic (exact) mass is 481 g/mol. The van der Waals surface area contributed by atoms with E-state index in [1.807, 2.05) is 24.3 Å². The van der Waals surface area contributed by atoms with Crippen LogP contribution in [0.5, 0.6) is 0 Å². The Labute approximate surface area is 198 Å². The second-order valence-electron chi connectivity index (χ2n) is 8.57. The molecule has 178 valence electrons. The molecule has 4 rings (SSSR count). The van der Waals surface area contributed by atoms with E-state index in [2.05, 4.69) is 45.6 Å². The number of aliphatic hydroxyl groups is 1. The highest BCUT2D eigenvalue weighted by Gasteiger charge is 2.27. The minimum atomic E-state index is -4.68. The Morgan fingerprint density at radius 1 is 1.15 bits per heavy atom. The fourth-order valence-electron chi connectivity index (χ4n) is 4.07. The number of hydrogen-bond acceptors (Lipinski definition) is 5. The van der Waals surface area contributed by atoms with Crippen LogP contribution in [-0.4, -0.2) is 37.1 Å². The van der Waals surface area contributed by atoms with E-state index < -0.39 is 20.0 Å². The van der Waals surface area contributed by atoms with Crippen LogP contribution >= 0.6 is 7.82 Å². The maximum atomic E-state index is 11.2. The van der Waals surface area contributed by atoms with Crippen LogP contribution in [0.15, 0.2) is 60.9 Å². The molecule has 1 saturated carbocycles. The van der Waals surface area contributed by atoms with E-state index in [0.717, 1.165) is 29.5 Å². The van der Waals surface area contributed by atoms with Crippen molar-refractivity contribution in [3.63, 3.8) is 0 Å². The molecule has 1 aliphatic carbocycles.